The fourth-order valence-electron chi connectivity index (χ4n) is 3.70. The van der Waals surface area contributed by atoms with Crippen LogP contribution >= 0.6 is 0 Å². The summed E-state index contributed by atoms with van der Waals surface area (Å²) >= 11 is 0. The first-order valence-electron chi connectivity index (χ1n) is 10.2. The summed E-state index contributed by atoms with van der Waals surface area (Å²) in [5, 5.41) is 16.3. The molecule has 0 aliphatic heterocycles. The summed E-state index contributed by atoms with van der Waals surface area (Å²) in [4.78, 5) is 28.8. The lowest BCUT2D eigenvalue weighted by molar-refractivity contribution is -0.116. The van der Waals surface area contributed by atoms with E-state index in [1.807, 2.05) is 44.2 Å². The number of pyridine rings is 1. The van der Waals surface area contributed by atoms with Gasteiger partial charge in [0.05, 0.1) is 12.7 Å². The number of aryl methyl sites for hydroxylation is 2. The number of anilines is 1. The van der Waals surface area contributed by atoms with E-state index >= 15 is 0 Å². The van der Waals surface area contributed by atoms with Crippen molar-refractivity contribution in [2.75, 3.05) is 5.32 Å². The summed E-state index contributed by atoms with van der Waals surface area (Å²) in [6.07, 6.45) is 4.06. The van der Waals surface area contributed by atoms with Crippen LogP contribution < -0.4 is 10.9 Å². The minimum Gasteiger partial charge on any atom is -0.326 e. The van der Waals surface area contributed by atoms with E-state index in [1.165, 1.54) is 12.3 Å². The number of nitrogens with zero attached hydrogens (tertiary/aromatic N) is 5. The Labute approximate surface area is 184 Å². The van der Waals surface area contributed by atoms with Crippen LogP contribution in [-0.2, 0) is 17.8 Å². The van der Waals surface area contributed by atoms with E-state index in [1.54, 1.807) is 21.3 Å². The molecule has 1 amide bonds. The van der Waals surface area contributed by atoms with E-state index in [9.17, 15) is 14.9 Å². The molecule has 0 fully saturated rings. The number of nitrogens with one attached hydrogen (secondary N) is 1. The molecule has 3 aromatic heterocycles. The Morgan fingerprint density at radius 3 is 2.66 bits per heavy atom. The van der Waals surface area contributed by atoms with Gasteiger partial charge in [0.2, 0.25) is 5.91 Å². The van der Waals surface area contributed by atoms with Crippen molar-refractivity contribution in [2.45, 2.75) is 33.2 Å². The maximum atomic E-state index is 12.5. The number of carbonyl (C=O) groups excluding carboxylic acids is 1. The molecule has 0 unspecified atom stereocenters. The molecule has 8 nitrogen and oxygen atoms in total. The van der Waals surface area contributed by atoms with Gasteiger partial charge in [-0.1, -0.05) is 18.2 Å². The summed E-state index contributed by atoms with van der Waals surface area (Å²) in [5.41, 5.74) is 5.20. The number of carbonyl (C=O) groups is 1. The van der Waals surface area contributed by atoms with Crippen molar-refractivity contribution in [3.8, 4) is 6.07 Å². The van der Waals surface area contributed by atoms with Gasteiger partial charge in [0, 0.05) is 35.8 Å². The van der Waals surface area contributed by atoms with Crippen LogP contribution in [0, 0.1) is 25.2 Å². The Kier molecular flexibility index (Phi) is 5.81. The highest BCUT2D eigenvalue weighted by Gasteiger charge is 2.15. The summed E-state index contributed by atoms with van der Waals surface area (Å²) in [5.74, 6) is -0.103. The molecule has 8 heteroatoms. The van der Waals surface area contributed by atoms with Crippen molar-refractivity contribution in [2.24, 2.45) is 0 Å². The number of hydrogen-bond acceptors (Lipinski definition) is 5. The van der Waals surface area contributed by atoms with Gasteiger partial charge < -0.3 is 9.88 Å². The number of rotatable bonds is 6. The minimum absolute atomic E-state index is 0.0536. The lowest BCUT2D eigenvalue weighted by Crippen LogP contribution is -2.18. The number of hydrogen-bond donors (Lipinski definition) is 1. The van der Waals surface area contributed by atoms with E-state index in [0.717, 1.165) is 22.5 Å². The summed E-state index contributed by atoms with van der Waals surface area (Å²) in [7, 11) is 0. The van der Waals surface area contributed by atoms with Crippen molar-refractivity contribution >= 4 is 17.2 Å². The maximum absolute atomic E-state index is 12.5. The maximum Gasteiger partial charge on any atom is 0.250 e. The SMILES string of the molecule is Cc1nc2c(C#N)cnn2c(C)c1CCC(=O)Nc1ccc(Cn2ccccc2=O)cc1. The molecule has 0 spiro atoms. The molecular formula is C24H22N6O2. The molecule has 0 bridgehead atoms. The number of fused-ring (bicyclic) bond motifs is 1. The third kappa shape index (κ3) is 4.27. The lowest BCUT2D eigenvalue weighted by Gasteiger charge is -2.12. The van der Waals surface area contributed by atoms with Gasteiger partial charge in [-0.15, -0.1) is 0 Å². The zero-order valence-corrected chi connectivity index (χ0v) is 17.9. The first-order chi connectivity index (χ1) is 15.5. The highest BCUT2D eigenvalue weighted by atomic mass is 16.1. The van der Waals surface area contributed by atoms with Crippen LogP contribution in [0.5, 0.6) is 0 Å². The Bertz CT molecular complexity index is 1390. The first kappa shape index (κ1) is 21.0. The smallest absolute Gasteiger partial charge is 0.250 e. The molecule has 0 aliphatic rings. The van der Waals surface area contributed by atoms with Crippen LogP contribution in [0.4, 0.5) is 5.69 Å². The van der Waals surface area contributed by atoms with Gasteiger partial charge in [-0.2, -0.15) is 10.4 Å². The highest BCUT2D eigenvalue weighted by molar-refractivity contribution is 5.90. The van der Waals surface area contributed by atoms with Crippen LogP contribution in [0.25, 0.3) is 5.65 Å². The second-order valence-electron chi connectivity index (χ2n) is 7.58. The van der Waals surface area contributed by atoms with Gasteiger partial charge in [0.15, 0.2) is 5.65 Å². The topological polar surface area (TPSA) is 105 Å². The number of amides is 1. The standard InChI is InChI=1S/C24H22N6O2/c1-16-21(17(2)30-24(27-16)19(13-25)14-26-30)10-11-22(31)28-20-8-6-18(7-9-20)15-29-12-4-3-5-23(29)32/h3-9,12,14H,10-11,15H2,1-2H3,(H,28,31). The normalized spacial score (nSPS) is 10.8. The third-order valence-electron chi connectivity index (χ3n) is 5.42. The average Bonchev–Trinajstić information content (AvgIpc) is 3.19. The average molecular weight is 426 g/mol. The molecule has 0 atom stereocenters. The molecular weight excluding hydrogens is 404 g/mol. The highest BCUT2D eigenvalue weighted by Crippen LogP contribution is 2.19. The number of benzene rings is 1. The number of nitriles is 1. The Balaban J connectivity index is 1.40. The third-order valence-corrected chi connectivity index (χ3v) is 5.42. The van der Waals surface area contributed by atoms with E-state index in [4.69, 9.17) is 0 Å². The van der Waals surface area contributed by atoms with E-state index in [2.05, 4.69) is 21.5 Å². The molecule has 3 heterocycles. The zero-order chi connectivity index (χ0) is 22.7. The molecule has 0 radical (unpaired) electrons. The fraction of sp³-hybridized carbons (Fsp3) is 0.208. The summed E-state index contributed by atoms with van der Waals surface area (Å²) < 4.78 is 3.28. The van der Waals surface area contributed by atoms with E-state index in [0.29, 0.717) is 36.3 Å². The van der Waals surface area contributed by atoms with Crippen molar-refractivity contribution in [1.29, 1.82) is 5.26 Å². The second kappa shape index (κ2) is 8.86. The van der Waals surface area contributed by atoms with E-state index in [-0.39, 0.29) is 11.5 Å². The molecule has 32 heavy (non-hydrogen) atoms. The summed E-state index contributed by atoms with van der Waals surface area (Å²) in [6, 6.07) is 14.6. The lowest BCUT2D eigenvalue weighted by atomic mass is 10.1. The van der Waals surface area contributed by atoms with Gasteiger partial charge in [-0.05, 0) is 49.6 Å². The molecule has 0 saturated carbocycles. The minimum atomic E-state index is -0.103. The van der Waals surface area contributed by atoms with Crippen molar-refractivity contribution in [3.05, 3.63) is 93.3 Å². The predicted octanol–water partition coefficient (Wildman–Crippen LogP) is 3.00. The van der Waals surface area contributed by atoms with Crippen molar-refractivity contribution in [3.63, 3.8) is 0 Å². The van der Waals surface area contributed by atoms with Crippen molar-refractivity contribution < 1.29 is 4.79 Å². The Hall–Kier alpha value is -4.25. The molecule has 4 rings (SSSR count). The van der Waals surface area contributed by atoms with Gasteiger partial charge in [0.25, 0.3) is 5.56 Å². The van der Waals surface area contributed by atoms with Crippen LogP contribution in [0.15, 0.2) is 59.7 Å². The Morgan fingerprint density at radius 1 is 1.16 bits per heavy atom. The van der Waals surface area contributed by atoms with E-state index < -0.39 is 0 Å². The predicted molar refractivity (Wildman–Crippen MR) is 120 cm³/mol. The summed E-state index contributed by atoms with van der Waals surface area (Å²) in [6.45, 7) is 4.27. The van der Waals surface area contributed by atoms with Gasteiger partial charge in [-0.3, -0.25) is 9.59 Å². The zero-order valence-electron chi connectivity index (χ0n) is 17.9. The number of aromatic nitrogens is 4. The quantitative estimate of drug-likeness (QED) is 0.510. The molecule has 160 valence electrons. The molecule has 0 saturated heterocycles. The second-order valence-corrected chi connectivity index (χ2v) is 7.58. The molecule has 0 aliphatic carbocycles. The van der Waals surface area contributed by atoms with Crippen LogP contribution in [-0.4, -0.2) is 25.1 Å². The van der Waals surface area contributed by atoms with Crippen LogP contribution in [0.2, 0.25) is 0 Å². The van der Waals surface area contributed by atoms with Gasteiger partial charge in [0.1, 0.15) is 11.6 Å². The largest absolute Gasteiger partial charge is 0.326 e. The molecule has 1 aromatic carbocycles. The molecule has 4 aromatic rings. The van der Waals surface area contributed by atoms with Crippen LogP contribution in [0.3, 0.4) is 0 Å². The fourth-order valence-corrected chi connectivity index (χ4v) is 3.70. The Morgan fingerprint density at radius 2 is 1.94 bits per heavy atom. The monoisotopic (exact) mass is 426 g/mol. The molecule has 1 N–H and O–H groups in total. The van der Waals surface area contributed by atoms with Gasteiger partial charge >= 0.3 is 0 Å². The van der Waals surface area contributed by atoms with Gasteiger partial charge in [-0.25, -0.2) is 9.50 Å². The van der Waals surface area contributed by atoms with Crippen molar-refractivity contribution in [1.82, 2.24) is 19.2 Å². The van der Waals surface area contributed by atoms with Crippen LogP contribution in [0.1, 0.15) is 34.5 Å². The first-order valence-corrected chi connectivity index (χ1v) is 10.2.